The molecule has 0 fully saturated rings. The summed E-state index contributed by atoms with van der Waals surface area (Å²) in [5, 5.41) is 2.56. The van der Waals surface area contributed by atoms with Gasteiger partial charge in [0, 0.05) is 12.4 Å². The summed E-state index contributed by atoms with van der Waals surface area (Å²) in [7, 11) is -4.08. The van der Waals surface area contributed by atoms with Crippen LogP contribution < -0.4 is 5.32 Å². The lowest BCUT2D eigenvalue weighted by Gasteiger charge is -1.94. The molecule has 1 aliphatic rings. The highest BCUT2D eigenvalue weighted by Gasteiger charge is 2.09. The van der Waals surface area contributed by atoms with Crippen LogP contribution in [0.25, 0.3) is 0 Å². The predicted molar refractivity (Wildman–Crippen MR) is 41.0 cm³/mol. The summed E-state index contributed by atoms with van der Waals surface area (Å²) in [4.78, 5) is -0.150. The summed E-state index contributed by atoms with van der Waals surface area (Å²) in [5.41, 5.74) is 0. The van der Waals surface area contributed by atoms with Crippen LogP contribution in [-0.2, 0) is 10.1 Å². The van der Waals surface area contributed by atoms with Gasteiger partial charge in [-0.05, 0) is 12.2 Å². The van der Waals surface area contributed by atoms with Gasteiger partial charge in [-0.3, -0.25) is 4.55 Å². The second-order valence-corrected chi connectivity index (χ2v) is 3.33. The third-order valence-corrected chi connectivity index (χ3v) is 1.94. The van der Waals surface area contributed by atoms with Gasteiger partial charge in [-0.15, -0.1) is 0 Å². The van der Waals surface area contributed by atoms with Crippen LogP contribution in [0.2, 0.25) is 0 Å². The number of hydrogen-bond acceptors (Lipinski definition) is 3. The predicted octanol–water partition coefficient (Wildman–Crippen LogP) is 0.389. The van der Waals surface area contributed by atoms with Crippen LogP contribution in [0, 0.1) is 0 Å². The van der Waals surface area contributed by atoms with E-state index in [4.69, 9.17) is 4.55 Å². The van der Waals surface area contributed by atoms with E-state index in [9.17, 15) is 8.42 Å². The standard InChI is InChI=1S/C6H7NO3S/c8-11(9,10)6-3-1-2-4-7-5-6/h1-5,7H,(H,8,9,10). The Morgan fingerprint density at radius 3 is 2.73 bits per heavy atom. The van der Waals surface area contributed by atoms with Gasteiger partial charge < -0.3 is 5.32 Å². The number of rotatable bonds is 1. The molecule has 2 N–H and O–H groups in total. The maximum Gasteiger partial charge on any atom is 0.295 e. The van der Waals surface area contributed by atoms with Gasteiger partial charge in [0.15, 0.2) is 0 Å². The van der Waals surface area contributed by atoms with Crippen molar-refractivity contribution in [1.29, 1.82) is 0 Å². The van der Waals surface area contributed by atoms with Gasteiger partial charge in [0.25, 0.3) is 10.1 Å². The zero-order valence-corrected chi connectivity index (χ0v) is 6.38. The molecule has 0 spiro atoms. The molecule has 5 heteroatoms. The highest BCUT2D eigenvalue weighted by atomic mass is 32.2. The van der Waals surface area contributed by atoms with E-state index < -0.39 is 10.1 Å². The van der Waals surface area contributed by atoms with Crippen LogP contribution in [-0.4, -0.2) is 13.0 Å². The molecule has 0 aromatic rings. The first-order valence-corrected chi connectivity index (χ1v) is 4.31. The molecule has 1 aliphatic heterocycles. The van der Waals surface area contributed by atoms with Crippen molar-refractivity contribution in [2.24, 2.45) is 0 Å². The lowest BCUT2D eigenvalue weighted by Crippen LogP contribution is -2.02. The molecule has 1 heterocycles. The molecule has 0 bridgehead atoms. The van der Waals surface area contributed by atoms with Crippen molar-refractivity contribution in [3.05, 3.63) is 35.5 Å². The van der Waals surface area contributed by atoms with Crippen molar-refractivity contribution in [3.8, 4) is 0 Å². The van der Waals surface area contributed by atoms with E-state index in [2.05, 4.69) is 5.32 Å². The normalized spacial score (nSPS) is 17.0. The van der Waals surface area contributed by atoms with Gasteiger partial charge in [0.2, 0.25) is 0 Å². The Labute approximate surface area is 64.7 Å². The third kappa shape index (κ3) is 2.21. The molecule has 11 heavy (non-hydrogen) atoms. The first kappa shape index (κ1) is 8.03. The molecule has 0 aromatic carbocycles. The van der Waals surface area contributed by atoms with Crippen molar-refractivity contribution < 1.29 is 13.0 Å². The molecule has 0 saturated heterocycles. The molecule has 0 amide bonds. The highest BCUT2D eigenvalue weighted by molar-refractivity contribution is 7.90. The largest absolute Gasteiger partial charge is 0.366 e. The maximum absolute atomic E-state index is 10.5. The second-order valence-electron chi connectivity index (χ2n) is 1.91. The van der Waals surface area contributed by atoms with Crippen molar-refractivity contribution in [1.82, 2.24) is 5.32 Å². The van der Waals surface area contributed by atoms with E-state index in [-0.39, 0.29) is 4.91 Å². The lowest BCUT2D eigenvalue weighted by atomic mass is 10.5. The van der Waals surface area contributed by atoms with Crippen molar-refractivity contribution in [2.75, 3.05) is 0 Å². The van der Waals surface area contributed by atoms with E-state index in [0.29, 0.717) is 0 Å². The van der Waals surface area contributed by atoms with Crippen LogP contribution >= 0.6 is 0 Å². The summed E-state index contributed by atoms with van der Waals surface area (Å²) < 4.78 is 29.6. The molecule has 0 unspecified atom stereocenters. The minimum atomic E-state index is -4.08. The average Bonchev–Trinajstić information content (AvgIpc) is 2.10. The Morgan fingerprint density at radius 1 is 1.36 bits per heavy atom. The van der Waals surface area contributed by atoms with E-state index in [0.717, 1.165) is 0 Å². The van der Waals surface area contributed by atoms with Crippen LogP contribution in [0.5, 0.6) is 0 Å². The van der Waals surface area contributed by atoms with Crippen molar-refractivity contribution in [2.45, 2.75) is 0 Å². The number of allylic oxidation sites excluding steroid dienone is 3. The fourth-order valence-electron chi connectivity index (χ4n) is 0.600. The van der Waals surface area contributed by atoms with Gasteiger partial charge in [0.1, 0.15) is 4.91 Å². The molecule has 0 aliphatic carbocycles. The van der Waals surface area contributed by atoms with Crippen LogP contribution in [0.3, 0.4) is 0 Å². The molecular weight excluding hydrogens is 166 g/mol. The Balaban J connectivity index is 3.00. The fourth-order valence-corrected chi connectivity index (χ4v) is 1.07. The first-order valence-electron chi connectivity index (χ1n) is 2.87. The highest BCUT2D eigenvalue weighted by Crippen LogP contribution is 2.05. The summed E-state index contributed by atoms with van der Waals surface area (Å²) in [5.74, 6) is 0. The summed E-state index contributed by atoms with van der Waals surface area (Å²) in [6.45, 7) is 0. The quantitative estimate of drug-likeness (QED) is 0.563. The Bertz CT molecular complexity index is 324. The monoisotopic (exact) mass is 173 g/mol. The second kappa shape index (κ2) is 2.89. The molecule has 60 valence electrons. The number of nitrogens with one attached hydrogen (secondary N) is 1. The first-order chi connectivity index (χ1) is 5.11. The van der Waals surface area contributed by atoms with E-state index >= 15 is 0 Å². The average molecular weight is 173 g/mol. The van der Waals surface area contributed by atoms with E-state index in [1.54, 1.807) is 12.3 Å². The summed E-state index contributed by atoms with van der Waals surface area (Å²) >= 11 is 0. The third-order valence-electron chi connectivity index (χ3n) is 1.09. The molecule has 1 rings (SSSR count). The van der Waals surface area contributed by atoms with E-state index in [1.165, 1.54) is 18.4 Å². The minimum absolute atomic E-state index is 0.150. The smallest absolute Gasteiger partial charge is 0.295 e. The zero-order valence-electron chi connectivity index (χ0n) is 5.56. The van der Waals surface area contributed by atoms with Crippen LogP contribution in [0.15, 0.2) is 35.5 Å². The molecule has 0 atom stereocenters. The molecule has 0 saturated carbocycles. The summed E-state index contributed by atoms with van der Waals surface area (Å²) in [6, 6.07) is 0. The van der Waals surface area contributed by atoms with Crippen LogP contribution in [0.1, 0.15) is 0 Å². The minimum Gasteiger partial charge on any atom is -0.366 e. The topological polar surface area (TPSA) is 66.4 Å². The van der Waals surface area contributed by atoms with Gasteiger partial charge in [0.05, 0.1) is 0 Å². The van der Waals surface area contributed by atoms with Gasteiger partial charge >= 0.3 is 0 Å². The van der Waals surface area contributed by atoms with Crippen molar-refractivity contribution >= 4 is 10.1 Å². The van der Waals surface area contributed by atoms with Crippen molar-refractivity contribution in [3.63, 3.8) is 0 Å². The lowest BCUT2D eigenvalue weighted by molar-refractivity contribution is 0.492. The molecular formula is C6H7NO3S. The fraction of sp³-hybridized carbons (Fsp3) is 0. The Morgan fingerprint density at radius 2 is 2.09 bits per heavy atom. The van der Waals surface area contributed by atoms with Gasteiger partial charge in [-0.25, -0.2) is 0 Å². The SMILES string of the molecule is O=S(=O)(O)C1=CNC=CC=C1. The molecule has 0 aromatic heterocycles. The Kier molecular flexibility index (Phi) is 2.11. The molecule has 0 radical (unpaired) electrons. The Hall–Kier alpha value is -1.07. The van der Waals surface area contributed by atoms with Gasteiger partial charge in [-0.2, -0.15) is 8.42 Å². The van der Waals surface area contributed by atoms with E-state index in [1.807, 2.05) is 0 Å². The molecule has 4 nitrogen and oxygen atoms in total. The number of hydrogen-bond donors (Lipinski definition) is 2. The summed E-state index contributed by atoms with van der Waals surface area (Å²) in [6.07, 6.45) is 7.18. The van der Waals surface area contributed by atoms with Gasteiger partial charge in [-0.1, -0.05) is 6.08 Å². The van der Waals surface area contributed by atoms with Crippen LogP contribution in [0.4, 0.5) is 0 Å². The maximum atomic E-state index is 10.5. The zero-order chi connectivity index (χ0) is 8.32.